The Kier molecular flexibility index (Phi) is 7.33. The highest BCUT2D eigenvalue weighted by molar-refractivity contribution is 5.83. The maximum absolute atomic E-state index is 5.41. The van der Waals surface area contributed by atoms with Crippen LogP contribution in [0.5, 0.6) is 5.75 Å². The van der Waals surface area contributed by atoms with Crippen LogP contribution in [0.2, 0.25) is 0 Å². The smallest absolute Gasteiger partial charge is 0.119 e. The lowest BCUT2D eigenvalue weighted by Gasteiger charge is -2.20. The van der Waals surface area contributed by atoms with E-state index in [-0.39, 0.29) is 0 Å². The number of nitrogens with zero attached hydrogens (tertiary/aromatic N) is 2. The Bertz CT molecular complexity index is 928. The van der Waals surface area contributed by atoms with Gasteiger partial charge in [0.25, 0.3) is 0 Å². The van der Waals surface area contributed by atoms with E-state index in [1.807, 2.05) is 18.3 Å². The molecule has 1 saturated heterocycles. The molecule has 1 N–H and O–H groups in total. The maximum Gasteiger partial charge on any atom is 0.119 e. The van der Waals surface area contributed by atoms with Gasteiger partial charge in [-0.3, -0.25) is 4.98 Å². The van der Waals surface area contributed by atoms with Crippen LogP contribution in [-0.2, 0) is 13.0 Å². The summed E-state index contributed by atoms with van der Waals surface area (Å²) in [4.78, 5) is 7.15. The highest BCUT2D eigenvalue weighted by atomic mass is 16.5. The molecule has 4 nitrogen and oxygen atoms in total. The summed E-state index contributed by atoms with van der Waals surface area (Å²) in [5.41, 5.74) is 3.77. The fourth-order valence-corrected chi connectivity index (χ4v) is 4.45. The molecule has 4 rings (SSSR count). The average molecular weight is 404 g/mol. The van der Waals surface area contributed by atoms with Crippen LogP contribution < -0.4 is 10.1 Å². The van der Waals surface area contributed by atoms with Gasteiger partial charge in [0, 0.05) is 24.2 Å². The second kappa shape index (κ2) is 10.6. The summed E-state index contributed by atoms with van der Waals surface area (Å²) < 4.78 is 5.41. The molecular formula is C26H33N3O. The molecule has 4 heteroatoms. The molecule has 158 valence electrons. The van der Waals surface area contributed by atoms with Gasteiger partial charge < -0.3 is 15.0 Å². The Morgan fingerprint density at radius 2 is 1.97 bits per heavy atom. The molecule has 1 aliphatic heterocycles. The largest absolute Gasteiger partial charge is 0.497 e. The molecule has 0 saturated carbocycles. The van der Waals surface area contributed by atoms with Crippen molar-refractivity contribution in [3.63, 3.8) is 0 Å². The number of pyridine rings is 1. The molecule has 2 aromatic carbocycles. The molecule has 1 unspecified atom stereocenters. The van der Waals surface area contributed by atoms with Gasteiger partial charge in [0.1, 0.15) is 5.75 Å². The van der Waals surface area contributed by atoms with Gasteiger partial charge >= 0.3 is 0 Å². The molecule has 0 bridgehead atoms. The second-order valence-electron chi connectivity index (χ2n) is 8.29. The molecule has 0 spiro atoms. The van der Waals surface area contributed by atoms with E-state index in [0.717, 1.165) is 17.8 Å². The van der Waals surface area contributed by atoms with Crippen LogP contribution in [0.15, 0.2) is 60.8 Å². The zero-order valence-electron chi connectivity index (χ0n) is 18.0. The van der Waals surface area contributed by atoms with Gasteiger partial charge in [0.05, 0.1) is 12.6 Å². The fourth-order valence-electron chi connectivity index (χ4n) is 4.45. The van der Waals surface area contributed by atoms with E-state index in [1.165, 1.54) is 68.3 Å². The number of hydrogen-bond donors (Lipinski definition) is 1. The SMILES string of the molecule is COc1ccc2nccc(CNC3CCCN(CCCc4ccccc4)CC3)c2c1. The van der Waals surface area contributed by atoms with Crippen molar-refractivity contribution in [1.29, 1.82) is 0 Å². The predicted molar refractivity (Wildman–Crippen MR) is 124 cm³/mol. The van der Waals surface area contributed by atoms with Crippen LogP contribution in [0.4, 0.5) is 0 Å². The maximum atomic E-state index is 5.41. The molecule has 1 fully saturated rings. The normalized spacial score (nSPS) is 17.7. The molecule has 1 aromatic heterocycles. The number of methoxy groups -OCH3 is 1. The number of fused-ring (bicyclic) bond motifs is 1. The first-order valence-corrected chi connectivity index (χ1v) is 11.2. The zero-order chi connectivity index (χ0) is 20.6. The van der Waals surface area contributed by atoms with E-state index < -0.39 is 0 Å². The van der Waals surface area contributed by atoms with Gasteiger partial charge in [-0.25, -0.2) is 0 Å². The minimum absolute atomic E-state index is 0.581. The first-order chi connectivity index (χ1) is 14.8. The third-order valence-electron chi connectivity index (χ3n) is 6.22. The van der Waals surface area contributed by atoms with Gasteiger partial charge in [-0.15, -0.1) is 0 Å². The molecule has 1 atom stereocenters. The van der Waals surface area contributed by atoms with E-state index in [9.17, 15) is 0 Å². The number of ether oxygens (including phenoxy) is 1. The Morgan fingerprint density at radius 3 is 2.83 bits per heavy atom. The predicted octanol–water partition coefficient (Wildman–Crippen LogP) is 4.82. The van der Waals surface area contributed by atoms with Crippen LogP contribution in [0, 0.1) is 0 Å². The molecule has 0 aliphatic carbocycles. The summed E-state index contributed by atoms with van der Waals surface area (Å²) in [7, 11) is 1.71. The minimum atomic E-state index is 0.581. The first kappa shape index (κ1) is 20.8. The highest BCUT2D eigenvalue weighted by Gasteiger charge is 2.17. The molecule has 1 aliphatic rings. The van der Waals surface area contributed by atoms with E-state index in [0.29, 0.717) is 6.04 Å². The van der Waals surface area contributed by atoms with Crippen molar-refractivity contribution in [2.45, 2.75) is 44.7 Å². The number of benzene rings is 2. The Balaban J connectivity index is 1.27. The summed E-state index contributed by atoms with van der Waals surface area (Å²) in [5.74, 6) is 0.886. The van der Waals surface area contributed by atoms with Crippen LogP contribution in [-0.4, -0.2) is 42.7 Å². The number of likely N-dealkylation sites (tertiary alicyclic amines) is 1. The molecule has 3 aromatic rings. The highest BCUT2D eigenvalue weighted by Crippen LogP contribution is 2.23. The molecular weight excluding hydrogens is 370 g/mol. The topological polar surface area (TPSA) is 37.4 Å². The number of nitrogens with one attached hydrogen (secondary N) is 1. The van der Waals surface area contributed by atoms with Gasteiger partial charge in [-0.2, -0.15) is 0 Å². The van der Waals surface area contributed by atoms with E-state index in [2.05, 4.69) is 57.7 Å². The monoisotopic (exact) mass is 403 g/mol. The molecule has 30 heavy (non-hydrogen) atoms. The minimum Gasteiger partial charge on any atom is -0.497 e. The summed E-state index contributed by atoms with van der Waals surface area (Å²) in [6.45, 7) is 4.50. The van der Waals surface area contributed by atoms with Crippen molar-refractivity contribution in [3.8, 4) is 5.75 Å². The molecule has 0 radical (unpaired) electrons. The van der Waals surface area contributed by atoms with E-state index in [1.54, 1.807) is 7.11 Å². The van der Waals surface area contributed by atoms with Crippen LogP contribution in [0.1, 0.15) is 36.8 Å². The van der Waals surface area contributed by atoms with Crippen LogP contribution >= 0.6 is 0 Å². The summed E-state index contributed by atoms with van der Waals surface area (Å²) in [5, 5.41) is 5.00. The Hall–Kier alpha value is -2.43. The van der Waals surface area contributed by atoms with Gasteiger partial charge in [0.2, 0.25) is 0 Å². The van der Waals surface area contributed by atoms with Crippen LogP contribution in [0.3, 0.4) is 0 Å². The van der Waals surface area contributed by atoms with E-state index >= 15 is 0 Å². The average Bonchev–Trinajstić information content (AvgIpc) is 3.03. The second-order valence-corrected chi connectivity index (χ2v) is 8.29. The fraction of sp³-hybridized carbons (Fsp3) is 0.423. The van der Waals surface area contributed by atoms with Crippen molar-refractivity contribution in [1.82, 2.24) is 15.2 Å². The van der Waals surface area contributed by atoms with E-state index in [4.69, 9.17) is 4.74 Å². The van der Waals surface area contributed by atoms with Crippen molar-refractivity contribution < 1.29 is 4.74 Å². The third kappa shape index (κ3) is 5.59. The number of aromatic nitrogens is 1. The quantitative estimate of drug-likeness (QED) is 0.585. The summed E-state index contributed by atoms with van der Waals surface area (Å²) in [6.07, 6.45) is 8.07. The van der Waals surface area contributed by atoms with Crippen molar-refractivity contribution in [2.24, 2.45) is 0 Å². The van der Waals surface area contributed by atoms with Crippen LogP contribution in [0.25, 0.3) is 10.9 Å². The number of hydrogen-bond acceptors (Lipinski definition) is 4. The van der Waals surface area contributed by atoms with Gasteiger partial charge in [-0.05, 0) is 87.1 Å². The summed E-state index contributed by atoms with van der Waals surface area (Å²) in [6, 6.07) is 19.7. The van der Waals surface area contributed by atoms with Gasteiger partial charge in [0.15, 0.2) is 0 Å². The van der Waals surface area contributed by atoms with Crippen molar-refractivity contribution in [3.05, 3.63) is 71.9 Å². The summed E-state index contributed by atoms with van der Waals surface area (Å²) >= 11 is 0. The van der Waals surface area contributed by atoms with Crippen molar-refractivity contribution >= 4 is 10.9 Å². The van der Waals surface area contributed by atoms with Gasteiger partial charge in [-0.1, -0.05) is 30.3 Å². The molecule has 0 amide bonds. The number of aryl methyl sites for hydroxylation is 1. The Labute approximate surface area is 180 Å². The lowest BCUT2D eigenvalue weighted by Crippen LogP contribution is -2.31. The molecule has 2 heterocycles. The Morgan fingerprint density at radius 1 is 1.07 bits per heavy atom. The lowest BCUT2D eigenvalue weighted by atomic mass is 10.1. The van der Waals surface area contributed by atoms with Crippen molar-refractivity contribution in [2.75, 3.05) is 26.7 Å². The lowest BCUT2D eigenvalue weighted by molar-refractivity contribution is 0.278. The first-order valence-electron chi connectivity index (χ1n) is 11.2. The number of rotatable bonds is 8. The standard InChI is InChI=1S/C26H33N3O/c1-30-24-11-12-26-25(19-24)22(13-15-27-26)20-28-23-10-6-17-29(18-14-23)16-5-9-21-7-3-2-4-8-21/h2-4,7-8,11-13,15,19,23,28H,5-6,9-10,14,16-18,20H2,1H3. The third-order valence-corrected chi connectivity index (χ3v) is 6.22. The zero-order valence-corrected chi connectivity index (χ0v) is 18.0.